The molecule has 44 heavy (non-hydrogen) atoms. The minimum Gasteiger partial charge on any atom is -0.467 e. The summed E-state index contributed by atoms with van der Waals surface area (Å²) in [6.07, 6.45) is -5.36. The first kappa shape index (κ1) is 32.0. The van der Waals surface area contributed by atoms with Gasteiger partial charge in [-0.1, -0.05) is 13.8 Å². The molecule has 0 N–H and O–H groups in total. The molecule has 15 atom stereocenters. The van der Waals surface area contributed by atoms with Gasteiger partial charge in [-0.25, -0.2) is 14.6 Å². The summed E-state index contributed by atoms with van der Waals surface area (Å²) in [7, 11) is 1.19. The van der Waals surface area contributed by atoms with Gasteiger partial charge >= 0.3 is 17.9 Å². The fourth-order valence-electron chi connectivity index (χ4n) is 8.58. The lowest BCUT2D eigenvalue weighted by molar-refractivity contribution is -0.579. The van der Waals surface area contributed by atoms with Crippen LogP contribution >= 0.6 is 0 Å². The van der Waals surface area contributed by atoms with Crippen LogP contribution in [0.2, 0.25) is 0 Å². The monoisotopic (exact) mass is 628 g/mol. The molecule has 1 aliphatic carbocycles. The highest BCUT2D eigenvalue weighted by Crippen LogP contribution is 2.64. The van der Waals surface area contributed by atoms with Crippen molar-refractivity contribution >= 4 is 17.9 Å². The zero-order chi connectivity index (χ0) is 31.8. The maximum Gasteiger partial charge on any atom is 0.339 e. The van der Waals surface area contributed by atoms with E-state index >= 15 is 0 Å². The Kier molecular flexibility index (Phi) is 8.31. The summed E-state index contributed by atoms with van der Waals surface area (Å²) < 4.78 is 54.2. The maximum atomic E-state index is 12.8. The summed E-state index contributed by atoms with van der Waals surface area (Å²) in [6.45, 7) is 12.7. The van der Waals surface area contributed by atoms with E-state index in [4.69, 9.17) is 52.4 Å². The molecular weight excluding hydrogens is 584 g/mol. The molecule has 0 aromatic rings. The van der Waals surface area contributed by atoms with Crippen LogP contribution in [0, 0.1) is 29.6 Å². The quantitative estimate of drug-likeness (QED) is 0.240. The van der Waals surface area contributed by atoms with Gasteiger partial charge in [-0.15, -0.1) is 0 Å². The summed E-state index contributed by atoms with van der Waals surface area (Å²) in [5.41, 5.74) is -0.881. The van der Waals surface area contributed by atoms with Crippen molar-refractivity contribution < 1.29 is 66.8 Å². The van der Waals surface area contributed by atoms with Crippen LogP contribution in [0.1, 0.15) is 67.7 Å². The number of fused-ring (bicyclic) bond motifs is 3. The van der Waals surface area contributed by atoms with E-state index in [0.29, 0.717) is 19.4 Å². The van der Waals surface area contributed by atoms with Crippen molar-refractivity contribution in [2.75, 3.05) is 13.7 Å². The Morgan fingerprint density at radius 3 is 2.23 bits per heavy atom. The lowest BCUT2D eigenvalue weighted by Crippen LogP contribution is -2.72. The van der Waals surface area contributed by atoms with E-state index in [1.54, 1.807) is 0 Å². The second kappa shape index (κ2) is 11.4. The molecular formula is C30H44O14. The lowest BCUT2D eigenvalue weighted by Gasteiger charge is -2.62. The first-order valence-corrected chi connectivity index (χ1v) is 15.5. The van der Waals surface area contributed by atoms with Crippen LogP contribution in [0.25, 0.3) is 0 Å². The Hall–Kier alpha value is -1.91. The standard InChI is InChI=1S/C30H44O14/c1-9-35-25-14(3)19-12-18(13(2)17-10-11-28(6)42-27(39-25)30(17,19)44-43-28)29(7)40-23-21(37-16(5)32)20(36-15(4)31)22(24(33)34-8)38-26(23)41-29/h13-14,17-23,25-27H,9-12H2,1-8H3/t13-,14+,17-,18+,19-,20+,21+,22+,23?,25-,26?,27+,28+,29+,30+/m0/s1. The number of esters is 3. The first-order valence-electron chi connectivity index (χ1n) is 15.5. The molecule has 0 radical (unpaired) electrons. The summed E-state index contributed by atoms with van der Waals surface area (Å²) in [5.74, 6) is -4.97. The Labute approximate surface area is 256 Å². The van der Waals surface area contributed by atoms with Crippen molar-refractivity contribution in [3.8, 4) is 0 Å². The smallest absolute Gasteiger partial charge is 0.339 e. The van der Waals surface area contributed by atoms with Gasteiger partial charge in [-0.3, -0.25) is 9.59 Å². The van der Waals surface area contributed by atoms with E-state index in [2.05, 4.69) is 13.8 Å². The molecule has 6 heterocycles. The zero-order valence-electron chi connectivity index (χ0n) is 26.5. The van der Waals surface area contributed by atoms with Crippen molar-refractivity contribution in [2.24, 2.45) is 29.6 Å². The molecule has 2 bridgehead atoms. The van der Waals surface area contributed by atoms with Crippen LogP contribution in [0.4, 0.5) is 0 Å². The Balaban J connectivity index is 1.35. The van der Waals surface area contributed by atoms with Gasteiger partial charge in [-0.2, -0.15) is 0 Å². The molecule has 1 spiro atoms. The second-order valence-electron chi connectivity index (χ2n) is 13.2. The largest absolute Gasteiger partial charge is 0.467 e. The van der Waals surface area contributed by atoms with Gasteiger partial charge in [0.1, 0.15) is 0 Å². The van der Waals surface area contributed by atoms with E-state index in [1.165, 1.54) is 21.0 Å². The lowest BCUT2D eigenvalue weighted by atomic mass is 9.53. The molecule has 2 unspecified atom stereocenters. The van der Waals surface area contributed by atoms with Gasteiger partial charge in [0, 0.05) is 44.6 Å². The number of hydrogen-bond acceptors (Lipinski definition) is 14. The summed E-state index contributed by atoms with van der Waals surface area (Å²) in [4.78, 5) is 49.4. The van der Waals surface area contributed by atoms with Gasteiger partial charge in [0.2, 0.25) is 5.79 Å². The third-order valence-electron chi connectivity index (χ3n) is 10.5. The number of carbonyl (C=O) groups is 3. The van der Waals surface area contributed by atoms with E-state index in [9.17, 15) is 14.4 Å². The van der Waals surface area contributed by atoms with Crippen molar-refractivity contribution in [1.82, 2.24) is 0 Å². The van der Waals surface area contributed by atoms with Gasteiger partial charge in [0.05, 0.1) is 7.11 Å². The van der Waals surface area contributed by atoms with Crippen LogP contribution in [0.5, 0.6) is 0 Å². The number of hydrogen-bond donors (Lipinski definition) is 0. The Morgan fingerprint density at radius 1 is 0.864 bits per heavy atom. The number of carbonyl (C=O) groups excluding carboxylic acids is 3. The molecule has 7 rings (SSSR count). The average Bonchev–Trinajstić information content (AvgIpc) is 3.14. The van der Waals surface area contributed by atoms with E-state index in [0.717, 1.165) is 6.42 Å². The van der Waals surface area contributed by atoms with E-state index in [-0.39, 0.29) is 29.6 Å². The Morgan fingerprint density at radius 2 is 1.57 bits per heavy atom. The molecule has 1 saturated carbocycles. The molecule has 248 valence electrons. The van der Waals surface area contributed by atoms with E-state index in [1.807, 2.05) is 20.8 Å². The third kappa shape index (κ3) is 4.96. The van der Waals surface area contributed by atoms with Crippen molar-refractivity contribution in [2.45, 2.75) is 128 Å². The average molecular weight is 629 g/mol. The van der Waals surface area contributed by atoms with Crippen LogP contribution in [0.3, 0.4) is 0 Å². The molecule has 0 aromatic heterocycles. The van der Waals surface area contributed by atoms with Gasteiger partial charge in [0.15, 0.2) is 54.7 Å². The highest BCUT2D eigenvalue weighted by atomic mass is 17.3. The molecule has 14 nitrogen and oxygen atoms in total. The number of methoxy groups -OCH3 is 1. The van der Waals surface area contributed by atoms with Crippen molar-refractivity contribution in [3.05, 3.63) is 0 Å². The third-order valence-corrected chi connectivity index (χ3v) is 10.5. The predicted molar refractivity (Wildman–Crippen MR) is 143 cm³/mol. The van der Waals surface area contributed by atoms with Crippen LogP contribution < -0.4 is 0 Å². The normalized spacial score (nSPS) is 51.0. The first-order chi connectivity index (χ1) is 20.8. The van der Waals surface area contributed by atoms with Crippen LogP contribution in [-0.4, -0.2) is 92.1 Å². The SMILES string of the molecule is CCO[C@H]1O[C@@H]2O[C@@]3(C)CC[C@H]4[C@H](C)[C@H]([C@@]5(C)OC6O[C@@H](C(=O)OC)[C@H](OC(C)=O)[C@@H](OC(C)=O)C6O5)C[C@@H]([C@H]1C)[C@@]24OO3. The molecule has 7 fully saturated rings. The highest BCUT2D eigenvalue weighted by molar-refractivity contribution is 5.77. The zero-order valence-corrected chi connectivity index (χ0v) is 26.5. The molecule has 0 amide bonds. The molecule has 6 aliphatic heterocycles. The molecule has 6 saturated heterocycles. The van der Waals surface area contributed by atoms with Gasteiger partial charge in [0.25, 0.3) is 0 Å². The molecule has 7 aliphatic rings. The molecule has 0 aromatic carbocycles. The number of rotatable bonds is 6. The highest BCUT2D eigenvalue weighted by Gasteiger charge is 2.73. The second-order valence-corrected chi connectivity index (χ2v) is 13.2. The van der Waals surface area contributed by atoms with Crippen LogP contribution in [0.15, 0.2) is 0 Å². The Bertz CT molecular complexity index is 1150. The maximum absolute atomic E-state index is 12.8. The fraction of sp³-hybridized carbons (Fsp3) is 0.900. The number of ether oxygens (including phenoxy) is 9. The molecule has 14 heteroatoms. The topological polar surface area (TPSA) is 153 Å². The fourth-order valence-corrected chi connectivity index (χ4v) is 8.58. The summed E-state index contributed by atoms with van der Waals surface area (Å²) in [5, 5.41) is 0. The van der Waals surface area contributed by atoms with E-state index < -0.39 is 78.4 Å². The minimum absolute atomic E-state index is 0.0566. The van der Waals surface area contributed by atoms with Crippen molar-refractivity contribution in [1.29, 1.82) is 0 Å². The van der Waals surface area contributed by atoms with Crippen molar-refractivity contribution in [3.63, 3.8) is 0 Å². The van der Waals surface area contributed by atoms with Crippen LogP contribution in [-0.2, 0) is 66.8 Å². The summed E-state index contributed by atoms with van der Waals surface area (Å²) in [6, 6.07) is 0. The minimum atomic E-state index is -1.41. The summed E-state index contributed by atoms with van der Waals surface area (Å²) >= 11 is 0. The predicted octanol–water partition coefficient (Wildman–Crippen LogP) is 2.35. The van der Waals surface area contributed by atoms with Gasteiger partial charge < -0.3 is 42.6 Å². The van der Waals surface area contributed by atoms with Gasteiger partial charge in [-0.05, 0) is 45.4 Å².